The molecule has 0 aliphatic carbocycles. The molecule has 4 aromatic rings. The second kappa shape index (κ2) is 12.0. The summed E-state index contributed by atoms with van der Waals surface area (Å²) in [4.78, 5) is 18.5. The lowest BCUT2D eigenvalue weighted by molar-refractivity contribution is -0.137. The molecule has 0 aliphatic rings. The van der Waals surface area contributed by atoms with E-state index in [4.69, 9.17) is 37.8 Å². The SMILES string of the molecule is CCC(Oc1ccc(-c2cccc(OCCCC(=O)O)c2)cc1)c1ncc(-c2ccc(Cl)cc2Cl)[nH]1. The molecule has 0 saturated carbocycles. The van der Waals surface area contributed by atoms with Gasteiger partial charge in [-0.1, -0.05) is 54.4 Å². The highest BCUT2D eigenvalue weighted by Crippen LogP contribution is 2.32. The van der Waals surface area contributed by atoms with Gasteiger partial charge in [-0.3, -0.25) is 4.79 Å². The van der Waals surface area contributed by atoms with Crippen LogP contribution in [0.15, 0.2) is 72.9 Å². The number of carboxylic acids is 1. The van der Waals surface area contributed by atoms with Crippen molar-refractivity contribution in [2.75, 3.05) is 6.61 Å². The van der Waals surface area contributed by atoms with Crippen molar-refractivity contribution in [1.29, 1.82) is 0 Å². The minimum Gasteiger partial charge on any atom is -0.494 e. The van der Waals surface area contributed by atoms with Gasteiger partial charge in [0.2, 0.25) is 0 Å². The monoisotopic (exact) mass is 524 g/mol. The summed E-state index contributed by atoms with van der Waals surface area (Å²) in [6.45, 7) is 2.40. The predicted octanol–water partition coefficient (Wildman–Crippen LogP) is 7.82. The molecule has 1 aromatic heterocycles. The minimum absolute atomic E-state index is 0.0914. The molecule has 0 aliphatic heterocycles. The molecule has 0 bridgehead atoms. The summed E-state index contributed by atoms with van der Waals surface area (Å²) in [5, 5.41) is 9.88. The number of aromatic nitrogens is 2. The molecule has 8 heteroatoms. The first-order chi connectivity index (χ1) is 17.4. The fraction of sp³-hybridized carbons (Fsp3) is 0.214. The largest absolute Gasteiger partial charge is 0.494 e. The van der Waals surface area contributed by atoms with Gasteiger partial charge in [0.1, 0.15) is 17.3 Å². The predicted molar refractivity (Wildman–Crippen MR) is 142 cm³/mol. The van der Waals surface area contributed by atoms with Gasteiger partial charge in [0, 0.05) is 17.0 Å². The molecule has 36 heavy (non-hydrogen) atoms. The van der Waals surface area contributed by atoms with Crippen molar-refractivity contribution in [3.63, 3.8) is 0 Å². The Kier molecular flexibility index (Phi) is 8.52. The Morgan fingerprint density at radius 3 is 2.56 bits per heavy atom. The van der Waals surface area contributed by atoms with Crippen LogP contribution in [0.2, 0.25) is 10.0 Å². The number of hydrogen-bond acceptors (Lipinski definition) is 4. The zero-order valence-corrected chi connectivity index (χ0v) is 21.2. The Morgan fingerprint density at radius 2 is 1.83 bits per heavy atom. The average molecular weight is 525 g/mol. The number of nitrogens with one attached hydrogen (secondary N) is 1. The van der Waals surface area contributed by atoms with Crippen LogP contribution < -0.4 is 9.47 Å². The maximum atomic E-state index is 10.6. The first kappa shape index (κ1) is 25.6. The number of H-pyrrole nitrogens is 1. The van der Waals surface area contributed by atoms with Gasteiger partial charge >= 0.3 is 5.97 Å². The van der Waals surface area contributed by atoms with E-state index in [-0.39, 0.29) is 12.5 Å². The Hall–Kier alpha value is -3.48. The van der Waals surface area contributed by atoms with Gasteiger partial charge in [-0.2, -0.15) is 0 Å². The Bertz CT molecular complexity index is 1320. The van der Waals surface area contributed by atoms with Gasteiger partial charge < -0.3 is 19.6 Å². The number of aliphatic carboxylic acids is 1. The van der Waals surface area contributed by atoms with Gasteiger partial charge in [-0.05, 0) is 66.4 Å². The maximum Gasteiger partial charge on any atom is 0.303 e. The van der Waals surface area contributed by atoms with Crippen LogP contribution in [0.5, 0.6) is 11.5 Å². The normalized spacial score (nSPS) is 11.8. The molecule has 3 aromatic carbocycles. The molecule has 1 atom stereocenters. The van der Waals surface area contributed by atoms with Gasteiger partial charge in [-0.25, -0.2) is 4.98 Å². The summed E-state index contributed by atoms with van der Waals surface area (Å²) in [7, 11) is 0. The van der Waals surface area contributed by atoms with Crippen molar-refractivity contribution in [2.24, 2.45) is 0 Å². The van der Waals surface area contributed by atoms with Crippen LogP contribution in [0.25, 0.3) is 22.4 Å². The highest BCUT2D eigenvalue weighted by Gasteiger charge is 2.17. The fourth-order valence-electron chi connectivity index (χ4n) is 3.75. The quantitative estimate of drug-likeness (QED) is 0.195. The van der Waals surface area contributed by atoms with Crippen LogP contribution in [0.3, 0.4) is 0 Å². The fourth-order valence-corrected chi connectivity index (χ4v) is 4.26. The van der Waals surface area contributed by atoms with Crippen molar-refractivity contribution in [3.05, 3.63) is 88.8 Å². The van der Waals surface area contributed by atoms with Crippen LogP contribution >= 0.6 is 23.2 Å². The summed E-state index contributed by atoms with van der Waals surface area (Å²) in [5.41, 5.74) is 3.64. The zero-order chi connectivity index (χ0) is 25.5. The molecule has 4 rings (SSSR count). The molecular formula is C28H26Cl2N2O4. The second-order valence-corrected chi connectivity index (χ2v) is 9.06. The van der Waals surface area contributed by atoms with E-state index in [2.05, 4.69) is 9.97 Å². The average Bonchev–Trinajstić information content (AvgIpc) is 3.35. The summed E-state index contributed by atoms with van der Waals surface area (Å²) in [6, 6.07) is 20.9. The van der Waals surface area contributed by atoms with Crippen LogP contribution in [0, 0.1) is 0 Å². The third kappa shape index (κ3) is 6.59. The number of aromatic amines is 1. The molecule has 6 nitrogen and oxygen atoms in total. The first-order valence-electron chi connectivity index (χ1n) is 11.6. The minimum atomic E-state index is -0.821. The van der Waals surface area contributed by atoms with Gasteiger partial charge in [0.15, 0.2) is 6.10 Å². The lowest BCUT2D eigenvalue weighted by Crippen LogP contribution is -2.08. The van der Waals surface area contributed by atoms with E-state index in [9.17, 15) is 4.79 Å². The Morgan fingerprint density at radius 1 is 1.03 bits per heavy atom. The van der Waals surface area contributed by atoms with Gasteiger partial charge in [-0.15, -0.1) is 0 Å². The lowest BCUT2D eigenvalue weighted by Gasteiger charge is -2.16. The second-order valence-electron chi connectivity index (χ2n) is 8.22. The zero-order valence-electron chi connectivity index (χ0n) is 19.7. The number of halogens is 2. The number of carboxylic acid groups (broad SMARTS) is 1. The van der Waals surface area contributed by atoms with E-state index in [0.29, 0.717) is 28.8 Å². The molecule has 0 spiro atoms. The van der Waals surface area contributed by atoms with Crippen molar-refractivity contribution >= 4 is 29.2 Å². The van der Waals surface area contributed by atoms with Crippen LogP contribution in [-0.4, -0.2) is 27.7 Å². The number of imidazole rings is 1. The van der Waals surface area contributed by atoms with E-state index in [1.165, 1.54) is 0 Å². The highest BCUT2D eigenvalue weighted by atomic mass is 35.5. The van der Waals surface area contributed by atoms with Crippen LogP contribution in [0.4, 0.5) is 0 Å². The summed E-state index contributed by atoms with van der Waals surface area (Å²) in [5.74, 6) is 1.33. The third-order valence-corrected chi connectivity index (χ3v) is 6.14. The molecule has 1 unspecified atom stereocenters. The van der Waals surface area contributed by atoms with E-state index >= 15 is 0 Å². The third-order valence-electron chi connectivity index (χ3n) is 5.60. The van der Waals surface area contributed by atoms with Crippen molar-refractivity contribution in [2.45, 2.75) is 32.3 Å². The van der Waals surface area contributed by atoms with Crippen LogP contribution in [-0.2, 0) is 4.79 Å². The molecule has 2 N–H and O–H groups in total. The molecule has 186 valence electrons. The van der Waals surface area contributed by atoms with Gasteiger partial charge in [0.25, 0.3) is 0 Å². The standard InChI is InChI=1S/C28H26Cl2N2O4/c1-2-26(28-31-17-25(32-28)23-13-10-20(29)16-24(23)30)36-21-11-8-18(9-12-21)19-5-3-6-22(15-19)35-14-4-7-27(33)34/h3,5-6,8-13,15-17,26H,2,4,7,14H2,1H3,(H,31,32)(H,33,34). The molecular weight excluding hydrogens is 499 g/mol. The van der Waals surface area contributed by atoms with Crippen molar-refractivity contribution in [3.8, 4) is 33.9 Å². The number of rotatable bonds is 11. The maximum absolute atomic E-state index is 10.6. The number of nitrogens with zero attached hydrogens (tertiary/aromatic N) is 1. The molecule has 0 radical (unpaired) electrons. The van der Waals surface area contributed by atoms with Crippen LogP contribution in [0.1, 0.15) is 38.1 Å². The Balaban J connectivity index is 1.42. The molecule has 0 saturated heterocycles. The highest BCUT2D eigenvalue weighted by molar-refractivity contribution is 6.36. The Labute approximate surface area is 219 Å². The van der Waals surface area contributed by atoms with Gasteiger partial charge in [0.05, 0.1) is 23.5 Å². The smallest absolute Gasteiger partial charge is 0.303 e. The molecule has 0 amide bonds. The molecule has 0 fully saturated rings. The van der Waals surface area contributed by atoms with E-state index in [1.807, 2.05) is 61.5 Å². The molecule has 1 heterocycles. The lowest BCUT2D eigenvalue weighted by atomic mass is 10.1. The topological polar surface area (TPSA) is 84.4 Å². The van der Waals surface area contributed by atoms with Crippen molar-refractivity contribution in [1.82, 2.24) is 9.97 Å². The summed E-state index contributed by atoms with van der Waals surface area (Å²) < 4.78 is 11.9. The van der Waals surface area contributed by atoms with Crippen molar-refractivity contribution < 1.29 is 19.4 Å². The summed E-state index contributed by atoms with van der Waals surface area (Å²) >= 11 is 12.4. The number of benzene rings is 3. The van der Waals surface area contributed by atoms with E-state index < -0.39 is 5.97 Å². The number of ether oxygens (including phenoxy) is 2. The summed E-state index contributed by atoms with van der Waals surface area (Å²) in [6.07, 6.45) is 2.78. The number of carbonyl (C=O) groups is 1. The van der Waals surface area contributed by atoms with E-state index in [1.54, 1.807) is 18.3 Å². The number of hydrogen-bond donors (Lipinski definition) is 2. The first-order valence-corrected chi connectivity index (χ1v) is 12.4. The van der Waals surface area contributed by atoms with E-state index in [0.717, 1.165) is 40.4 Å².